The molecule has 2 aromatic heterocycles. The number of hydrogen-bond donors (Lipinski definition) is 1. The molecule has 0 bridgehead atoms. The normalized spacial score (nSPS) is 15.0. The fourth-order valence-corrected chi connectivity index (χ4v) is 2.94. The molecule has 0 radical (unpaired) electrons. The Morgan fingerprint density at radius 2 is 2.06 bits per heavy atom. The van der Waals surface area contributed by atoms with Crippen LogP contribution in [0.25, 0.3) is 0 Å². The topological polar surface area (TPSA) is 87.9 Å². The SMILES string of the molecule is CN=C(NCc1ccc(OCC(F)(F)F)nc1)N1CCN(c2cnn(C)c2)C(=O)C1.I. The van der Waals surface area contributed by atoms with Crippen molar-refractivity contribution in [2.45, 2.75) is 12.7 Å². The Bertz CT molecular complexity index is 902. The van der Waals surface area contributed by atoms with E-state index >= 15 is 0 Å². The van der Waals surface area contributed by atoms with Gasteiger partial charge in [0.15, 0.2) is 12.6 Å². The van der Waals surface area contributed by atoms with E-state index in [0.717, 1.165) is 11.3 Å². The molecule has 1 aliphatic rings. The summed E-state index contributed by atoms with van der Waals surface area (Å²) in [5.41, 5.74) is 1.49. The van der Waals surface area contributed by atoms with E-state index in [1.807, 2.05) is 4.90 Å². The maximum Gasteiger partial charge on any atom is 0.422 e. The predicted molar refractivity (Wildman–Crippen MR) is 119 cm³/mol. The first-order valence-electron chi connectivity index (χ1n) is 9.14. The molecule has 3 rings (SSSR count). The van der Waals surface area contributed by atoms with Crippen molar-refractivity contribution >= 4 is 41.5 Å². The van der Waals surface area contributed by atoms with Crippen molar-refractivity contribution in [3.05, 3.63) is 36.3 Å². The number of aliphatic imine (C=N–C) groups is 1. The molecular formula is C18H23F3IN7O2. The zero-order valence-corrected chi connectivity index (χ0v) is 19.3. The molecule has 1 N–H and O–H groups in total. The summed E-state index contributed by atoms with van der Waals surface area (Å²) in [5, 5.41) is 7.23. The quantitative estimate of drug-likeness (QED) is 0.346. The van der Waals surface area contributed by atoms with Gasteiger partial charge in [-0.1, -0.05) is 6.07 Å². The van der Waals surface area contributed by atoms with E-state index in [9.17, 15) is 18.0 Å². The van der Waals surface area contributed by atoms with Crippen LogP contribution in [0, 0.1) is 0 Å². The molecule has 13 heteroatoms. The summed E-state index contributed by atoms with van der Waals surface area (Å²) in [6, 6.07) is 2.99. The van der Waals surface area contributed by atoms with Crippen molar-refractivity contribution in [2.24, 2.45) is 12.0 Å². The third-order valence-corrected chi connectivity index (χ3v) is 4.37. The van der Waals surface area contributed by atoms with Crippen LogP contribution in [-0.4, -0.2) is 71.0 Å². The van der Waals surface area contributed by atoms with Gasteiger partial charge in [0.2, 0.25) is 11.8 Å². The van der Waals surface area contributed by atoms with E-state index in [-0.39, 0.29) is 42.3 Å². The number of nitrogens with one attached hydrogen (secondary N) is 1. The second kappa shape index (κ2) is 10.6. The first kappa shape index (κ1) is 24.7. The molecule has 1 fully saturated rings. The molecule has 0 unspecified atom stereocenters. The largest absolute Gasteiger partial charge is 0.468 e. The minimum Gasteiger partial charge on any atom is -0.468 e. The number of pyridine rings is 1. The van der Waals surface area contributed by atoms with Crippen LogP contribution in [0.3, 0.4) is 0 Å². The van der Waals surface area contributed by atoms with Crippen molar-refractivity contribution in [3.63, 3.8) is 0 Å². The lowest BCUT2D eigenvalue weighted by atomic mass is 10.2. The lowest BCUT2D eigenvalue weighted by Gasteiger charge is -2.35. The van der Waals surface area contributed by atoms with Gasteiger partial charge in [-0.05, 0) is 5.56 Å². The van der Waals surface area contributed by atoms with E-state index in [2.05, 4.69) is 25.1 Å². The summed E-state index contributed by atoms with van der Waals surface area (Å²) >= 11 is 0. The number of ether oxygens (including phenoxy) is 1. The second-order valence-corrected chi connectivity index (χ2v) is 6.65. The molecule has 2 aromatic rings. The number of guanidine groups is 1. The summed E-state index contributed by atoms with van der Waals surface area (Å²) in [5.74, 6) is 0.384. The van der Waals surface area contributed by atoms with Gasteiger partial charge in [0.25, 0.3) is 0 Å². The zero-order valence-electron chi connectivity index (χ0n) is 17.0. The van der Waals surface area contributed by atoms with Gasteiger partial charge in [0.05, 0.1) is 11.9 Å². The number of carbonyl (C=O) groups is 1. The van der Waals surface area contributed by atoms with E-state index in [1.165, 1.54) is 12.3 Å². The van der Waals surface area contributed by atoms with Gasteiger partial charge < -0.3 is 19.9 Å². The number of hydrogen-bond acceptors (Lipinski definition) is 5. The number of aromatic nitrogens is 3. The van der Waals surface area contributed by atoms with Crippen LogP contribution in [0.15, 0.2) is 35.7 Å². The number of aryl methyl sites for hydroxylation is 1. The van der Waals surface area contributed by atoms with Gasteiger partial charge >= 0.3 is 6.18 Å². The maximum atomic E-state index is 12.5. The van der Waals surface area contributed by atoms with Gasteiger partial charge in [-0.15, -0.1) is 24.0 Å². The molecule has 31 heavy (non-hydrogen) atoms. The molecule has 1 saturated heterocycles. The van der Waals surface area contributed by atoms with Crippen molar-refractivity contribution in [3.8, 4) is 5.88 Å². The average Bonchev–Trinajstić information content (AvgIpc) is 3.13. The Hall–Kier alpha value is -2.58. The summed E-state index contributed by atoms with van der Waals surface area (Å²) in [7, 11) is 3.41. The van der Waals surface area contributed by atoms with Gasteiger partial charge in [0.1, 0.15) is 6.54 Å². The Balaban J connectivity index is 0.00000341. The van der Waals surface area contributed by atoms with E-state index < -0.39 is 12.8 Å². The Labute approximate surface area is 194 Å². The minimum absolute atomic E-state index is 0. The molecule has 9 nitrogen and oxygen atoms in total. The van der Waals surface area contributed by atoms with Crippen molar-refractivity contribution < 1.29 is 22.7 Å². The number of alkyl halides is 3. The van der Waals surface area contributed by atoms with Gasteiger partial charge in [0, 0.05) is 52.2 Å². The number of carbonyl (C=O) groups excluding carboxylic acids is 1. The summed E-state index contributed by atoms with van der Waals surface area (Å²) in [4.78, 5) is 24.1. The Kier molecular flexibility index (Phi) is 8.47. The maximum absolute atomic E-state index is 12.5. The molecule has 3 heterocycles. The summed E-state index contributed by atoms with van der Waals surface area (Å²) in [6.45, 7) is 0.206. The predicted octanol–water partition coefficient (Wildman–Crippen LogP) is 1.80. The van der Waals surface area contributed by atoms with Crippen LogP contribution in [-0.2, 0) is 18.4 Å². The highest BCUT2D eigenvalue weighted by Gasteiger charge is 2.29. The lowest BCUT2D eigenvalue weighted by Crippen LogP contribution is -2.55. The van der Waals surface area contributed by atoms with E-state index in [4.69, 9.17) is 0 Å². The standard InChI is InChI=1S/C18H22F3N7O2.HI/c1-22-17(24-8-13-3-4-15(23-7-13)30-12-18(19,20)21)27-5-6-28(16(29)11-27)14-9-25-26(2)10-14;/h3-4,7,9-10H,5-6,8,11-12H2,1-2H3,(H,22,24);1H. The molecule has 0 aliphatic carbocycles. The average molecular weight is 553 g/mol. The Morgan fingerprint density at radius 3 is 2.61 bits per heavy atom. The molecule has 170 valence electrons. The van der Waals surface area contributed by atoms with Crippen LogP contribution in [0.1, 0.15) is 5.56 Å². The highest BCUT2D eigenvalue weighted by atomic mass is 127. The highest BCUT2D eigenvalue weighted by Crippen LogP contribution is 2.18. The monoisotopic (exact) mass is 553 g/mol. The number of piperazine rings is 1. The molecule has 1 aliphatic heterocycles. The fraction of sp³-hybridized carbons (Fsp3) is 0.444. The molecular weight excluding hydrogens is 530 g/mol. The van der Waals surface area contributed by atoms with Gasteiger partial charge in [-0.2, -0.15) is 18.3 Å². The number of nitrogens with zero attached hydrogens (tertiary/aromatic N) is 6. The smallest absolute Gasteiger partial charge is 0.422 e. The fourth-order valence-electron chi connectivity index (χ4n) is 2.94. The molecule has 0 atom stereocenters. The number of amides is 1. The third kappa shape index (κ3) is 6.97. The van der Waals surface area contributed by atoms with Crippen LogP contribution >= 0.6 is 24.0 Å². The van der Waals surface area contributed by atoms with E-state index in [0.29, 0.717) is 25.6 Å². The first-order valence-corrected chi connectivity index (χ1v) is 9.14. The number of anilines is 1. The lowest BCUT2D eigenvalue weighted by molar-refractivity contribution is -0.154. The minimum atomic E-state index is -4.41. The highest BCUT2D eigenvalue weighted by molar-refractivity contribution is 14.0. The van der Waals surface area contributed by atoms with Crippen LogP contribution in [0.5, 0.6) is 5.88 Å². The Morgan fingerprint density at radius 1 is 1.29 bits per heavy atom. The third-order valence-electron chi connectivity index (χ3n) is 4.37. The first-order chi connectivity index (χ1) is 14.2. The van der Waals surface area contributed by atoms with Crippen LogP contribution < -0.4 is 15.0 Å². The van der Waals surface area contributed by atoms with Crippen LogP contribution in [0.2, 0.25) is 0 Å². The number of halogens is 4. The molecule has 0 aromatic carbocycles. The van der Waals surface area contributed by atoms with Crippen molar-refractivity contribution in [2.75, 3.05) is 38.2 Å². The second-order valence-electron chi connectivity index (χ2n) is 6.65. The van der Waals surface area contributed by atoms with E-state index in [1.54, 1.807) is 42.1 Å². The van der Waals surface area contributed by atoms with Gasteiger partial charge in [-0.3, -0.25) is 14.5 Å². The summed E-state index contributed by atoms with van der Waals surface area (Å²) in [6.07, 6.45) is 0.454. The molecule has 1 amide bonds. The molecule has 0 spiro atoms. The van der Waals surface area contributed by atoms with Crippen molar-refractivity contribution in [1.29, 1.82) is 0 Å². The number of rotatable bonds is 5. The van der Waals surface area contributed by atoms with Crippen LogP contribution in [0.4, 0.5) is 18.9 Å². The van der Waals surface area contributed by atoms with Gasteiger partial charge in [-0.25, -0.2) is 4.98 Å². The molecule has 0 saturated carbocycles. The zero-order chi connectivity index (χ0) is 21.7. The summed E-state index contributed by atoms with van der Waals surface area (Å²) < 4.78 is 42.8. The van der Waals surface area contributed by atoms with Crippen molar-refractivity contribution in [1.82, 2.24) is 25.0 Å².